The summed E-state index contributed by atoms with van der Waals surface area (Å²) in [5.41, 5.74) is 0. The fourth-order valence-electron chi connectivity index (χ4n) is 1.03. The smallest absolute Gasteiger partial charge is 0.238 e. The number of aliphatic imine (C=N–C) groups is 1. The Hall–Kier alpha value is -0.980. The Morgan fingerprint density at radius 3 is 2.85 bits per heavy atom. The predicted octanol–water partition coefficient (Wildman–Crippen LogP) is 1.23. The van der Waals surface area contributed by atoms with Gasteiger partial charge in [0, 0.05) is 6.54 Å². The highest BCUT2D eigenvalue weighted by molar-refractivity contribution is 8.01. The highest BCUT2D eigenvalue weighted by atomic mass is 32.2. The van der Waals surface area contributed by atoms with Crippen molar-refractivity contribution in [2.24, 2.45) is 25.7 Å². The summed E-state index contributed by atoms with van der Waals surface area (Å²) in [6.07, 6.45) is 0. The Labute approximate surface area is 80.0 Å². The summed E-state index contributed by atoms with van der Waals surface area (Å²) in [6, 6.07) is 0. The molecule has 0 aromatic heterocycles. The van der Waals surface area contributed by atoms with Gasteiger partial charge in [0.2, 0.25) is 4.99 Å². The van der Waals surface area contributed by atoms with Crippen LogP contribution >= 0.6 is 11.8 Å². The van der Waals surface area contributed by atoms with Crippen molar-refractivity contribution in [2.75, 3.05) is 18.8 Å². The van der Waals surface area contributed by atoms with Crippen molar-refractivity contribution >= 4 is 17.6 Å². The van der Waals surface area contributed by atoms with Crippen LogP contribution in [0.15, 0.2) is 25.7 Å². The van der Waals surface area contributed by atoms with E-state index in [2.05, 4.69) is 31.0 Å². The first-order valence-electron chi connectivity index (χ1n) is 4.04. The van der Waals surface area contributed by atoms with Crippen LogP contribution in [0.2, 0.25) is 0 Å². The largest absolute Gasteiger partial charge is 0.371 e. The third-order valence-electron chi connectivity index (χ3n) is 1.73. The molecule has 6 nitrogen and oxygen atoms in total. The van der Waals surface area contributed by atoms with Crippen LogP contribution in [0.1, 0.15) is 6.92 Å². The molecule has 0 saturated heterocycles. The van der Waals surface area contributed by atoms with E-state index in [4.69, 9.17) is 0 Å². The minimum absolute atomic E-state index is 0.535. The van der Waals surface area contributed by atoms with Gasteiger partial charge in [-0.1, -0.05) is 11.8 Å². The van der Waals surface area contributed by atoms with E-state index in [-0.39, 0.29) is 0 Å². The standard InChI is InChI=1S/C6H10N6S/c1-6(9-11-12-10-6)13-4-5-7-2-3-8-5/h2-4H2,1H3,(H,7,8). The zero-order chi connectivity index (χ0) is 9.15. The van der Waals surface area contributed by atoms with Crippen LogP contribution in [-0.2, 0) is 0 Å². The number of nitrogens with zero attached hydrogens (tertiary/aromatic N) is 5. The Morgan fingerprint density at radius 1 is 1.46 bits per heavy atom. The van der Waals surface area contributed by atoms with Crippen molar-refractivity contribution in [1.82, 2.24) is 5.32 Å². The number of hydrogen-bond donors (Lipinski definition) is 1. The minimum atomic E-state index is -0.535. The summed E-state index contributed by atoms with van der Waals surface area (Å²) in [6.45, 7) is 3.69. The molecule has 2 aliphatic heterocycles. The summed E-state index contributed by atoms with van der Waals surface area (Å²) >= 11 is 1.57. The first-order valence-corrected chi connectivity index (χ1v) is 5.02. The molecular formula is C6H10N6S. The van der Waals surface area contributed by atoms with Gasteiger partial charge < -0.3 is 5.32 Å². The monoisotopic (exact) mass is 198 g/mol. The van der Waals surface area contributed by atoms with E-state index in [0.717, 1.165) is 24.7 Å². The predicted molar refractivity (Wildman–Crippen MR) is 50.9 cm³/mol. The second-order valence-corrected chi connectivity index (χ2v) is 4.21. The maximum absolute atomic E-state index is 4.27. The van der Waals surface area contributed by atoms with E-state index in [9.17, 15) is 0 Å². The molecule has 0 amide bonds. The minimum Gasteiger partial charge on any atom is -0.371 e. The van der Waals surface area contributed by atoms with Gasteiger partial charge in [-0.25, -0.2) is 0 Å². The van der Waals surface area contributed by atoms with Gasteiger partial charge in [0.1, 0.15) is 5.84 Å². The molecule has 0 bridgehead atoms. The van der Waals surface area contributed by atoms with Crippen LogP contribution in [0.25, 0.3) is 0 Å². The zero-order valence-corrected chi connectivity index (χ0v) is 8.08. The quantitative estimate of drug-likeness (QED) is 0.740. The van der Waals surface area contributed by atoms with Gasteiger partial charge in [-0.05, 0) is 17.4 Å². The van der Waals surface area contributed by atoms with E-state index in [1.165, 1.54) is 0 Å². The molecule has 2 heterocycles. The third-order valence-corrected chi connectivity index (χ3v) is 2.85. The molecule has 13 heavy (non-hydrogen) atoms. The highest BCUT2D eigenvalue weighted by Crippen LogP contribution is 2.32. The Balaban J connectivity index is 1.85. The normalized spacial score (nSPS) is 23.3. The molecule has 2 rings (SSSR count). The molecule has 0 radical (unpaired) electrons. The molecule has 0 aromatic carbocycles. The summed E-state index contributed by atoms with van der Waals surface area (Å²) in [4.78, 5) is 3.73. The van der Waals surface area contributed by atoms with Crippen LogP contribution in [-0.4, -0.2) is 29.7 Å². The fourth-order valence-corrected chi connectivity index (χ4v) is 1.82. The Morgan fingerprint density at radius 2 is 2.23 bits per heavy atom. The first-order chi connectivity index (χ1) is 6.29. The molecule has 2 aliphatic rings. The molecule has 0 spiro atoms. The van der Waals surface area contributed by atoms with Crippen molar-refractivity contribution in [3.05, 3.63) is 0 Å². The molecule has 0 aliphatic carbocycles. The van der Waals surface area contributed by atoms with Gasteiger partial charge in [0.15, 0.2) is 0 Å². The van der Waals surface area contributed by atoms with Gasteiger partial charge in [-0.2, -0.15) is 0 Å². The van der Waals surface area contributed by atoms with Crippen molar-refractivity contribution in [1.29, 1.82) is 0 Å². The summed E-state index contributed by atoms with van der Waals surface area (Å²) in [7, 11) is 0. The second-order valence-electron chi connectivity index (χ2n) is 2.86. The third kappa shape index (κ3) is 2.03. The molecule has 0 atom stereocenters. The lowest BCUT2D eigenvalue weighted by Gasteiger charge is -2.12. The van der Waals surface area contributed by atoms with E-state index in [1.807, 2.05) is 6.92 Å². The molecule has 0 aromatic rings. The molecule has 0 saturated carbocycles. The lowest BCUT2D eigenvalue weighted by molar-refractivity contribution is 0.711. The highest BCUT2D eigenvalue weighted by Gasteiger charge is 2.28. The van der Waals surface area contributed by atoms with E-state index in [1.54, 1.807) is 11.8 Å². The summed E-state index contributed by atoms with van der Waals surface area (Å²) < 4.78 is 0. The maximum Gasteiger partial charge on any atom is 0.238 e. The van der Waals surface area contributed by atoms with Crippen molar-refractivity contribution < 1.29 is 0 Å². The summed E-state index contributed by atoms with van der Waals surface area (Å²) in [5, 5.41) is 18.0. The SMILES string of the molecule is CC1(SCC2=NCCN2)N=NN=N1. The van der Waals surface area contributed by atoms with Gasteiger partial charge in [-0.3, -0.25) is 4.99 Å². The average Bonchev–Trinajstić information content (AvgIpc) is 2.72. The second kappa shape index (κ2) is 3.41. The first kappa shape index (κ1) is 8.61. The maximum atomic E-state index is 4.27. The van der Waals surface area contributed by atoms with E-state index >= 15 is 0 Å². The lowest BCUT2D eigenvalue weighted by atomic mass is 10.6. The van der Waals surface area contributed by atoms with Gasteiger partial charge >= 0.3 is 0 Å². The fraction of sp³-hybridized carbons (Fsp3) is 0.833. The topological polar surface area (TPSA) is 73.8 Å². The Kier molecular flexibility index (Phi) is 2.26. The van der Waals surface area contributed by atoms with E-state index in [0.29, 0.717) is 0 Å². The van der Waals surface area contributed by atoms with Crippen molar-refractivity contribution in [2.45, 2.75) is 11.9 Å². The van der Waals surface area contributed by atoms with Crippen molar-refractivity contribution in [3.8, 4) is 0 Å². The van der Waals surface area contributed by atoms with Gasteiger partial charge in [0.05, 0.1) is 12.3 Å². The van der Waals surface area contributed by atoms with E-state index < -0.39 is 4.99 Å². The number of hydrogen-bond acceptors (Lipinski definition) is 7. The van der Waals surface area contributed by atoms with Crippen LogP contribution in [0.3, 0.4) is 0 Å². The van der Waals surface area contributed by atoms with Crippen LogP contribution in [0, 0.1) is 0 Å². The van der Waals surface area contributed by atoms with Crippen LogP contribution < -0.4 is 5.32 Å². The van der Waals surface area contributed by atoms with Gasteiger partial charge in [0.25, 0.3) is 0 Å². The molecule has 1 N–H and O–H groups in total. The molecule has 0 unspecified atom stereocenters. The number of amidine groups is 1. The molecular weight excluding hydrogens is 188 g/mol. The number of rotatable bonds is 3. The average molecular weight is 198 g/mol. The van der Waals surface area contributed by atoms with Gasteiger partial charge in [-0.15, -0.1) is 10.2 Å². The van der Waals surface area contributed by atoms with Crippen molar-refractivity contribution in [3.63, 3.8) is 0 Å². The molecule has 0 fully saturated rings. The summed E-state index contributed by atoms with van der Waals surface area (Å²) in [5.74, 6) is 1.80. The number of thioether (sulfide) groups is 1. The lowest BCUT2D eigenvalue weighted by Crippen LogP contribution is -2.23. The molecule has 7 heteroatoms. The van der Waals surface area contributed by atoms with Crippen LogP contribution in [0.5, 0.6) is 0 Å². The number of nitrogens with one attached hydrogen (secondary N) is 1. The van der Waals surface area contributed by atoms with Crippen LogP contribution in [0.4, 0.5) is 0 Å². The molecule has 70 valence electrons. The zero-order valence-electron chi connectivity index (χ0n) is 7.27. The Bertz CT molecular complexity index is 271.